The number of fused-ring (bicyclic) bond motifs is 3. The number of pyridine rings is 1. The first-order chi connectivity index (χ1) is 15.5. The largest absolute Gasteiger partial charge is 0.336 e. The van der Waals surface area contributed by atoms with Crippen molar-refractivity contribution in [2.24, 2.45) is 0 Å². The first-order valence-electron chi connectivity index (χ1n) is 10.7. The van der Waals surface area contributed by atoms with E-state index >= 15 is 0 Å². The maximum absolute atomic E-state index is 12.8. The monoisotopic (exact) mass is 425 g/mol. The van der Waals surface area contributed by atoms with Gasteiger partial charge in [0.15, 0.2) is 6.29 Å². The summed E-state index contributed by atoms with van der Waals surface area (Å²) in [7, 11) is 2.06. The quantitative estimate of drug-likeness (QED) is 0.402. The third-order valence-corrected chi connectivity index (χ3v) is 6.29. The molecule has 0 bridgehead atoms. The summed E-state index contributed by atoms with van der Waals surface area (Å²) in [4.78, 5) is 43.8. The van der Waals surface area contributed by atoms with Crippen molar-refractivity contribution in [2.45, 2.75) is 0 Å². The third-order valence-electron chi connectivity index (χ3n) is 6.29. The molecule has 32 heavy (non-hydrogen) atoms. The highest BCUT2D eigenvalue weighted by Gasteiger charge is 2.20. The number of likely N-dealkylation sites (N-methyl/N-ethyl adjacent to an activating group) is 1. The van der Waals surface area contributed by atoms with Gasteiger partial charge in [-0.1, -0.05) is 24.3 Å². The molecule has 1 fully saturated rings. The van der Waals surface area contributed by atoms with E-state index in [1.165, 1.54) is 0 Å². The van der Waals surface area contributed by atoms with Crippen LogP contribution in [0.3, 0.4) is 0 Å². The lowest BCUT2D eigenvalue weighted by atomic mass is 9.94. The van der Waals surface area contributed by atoms with Crippen molar-refractivity contribution in [2.75, 3.05) is 33.2 Å². The molecule has 0 atom stereocenters. The Morgan fingerprint density at radius 1 is 0.906 bits per heavy atom. The molecule has 1 aliphatic heterocycles. The maximum atomic E-state index is 12.8. The van der Waals surface area contributed by atoms with E-state index in [0.717, 1.165) is 59.8 Å². The fraction of sp³-hybridized carbons (Fsp3) is 0.192. The highest BCUT2D eigenvalue weighted by molar-refractivity contribution is 6.14. The van der Waals surface area contributed by atoms with Gasteiger partial charge < -0.3 is 14.8 Å². The molecule has 4 aromatic rings. The van der Waals surface area contributed by atoms with E-state index < -0.39 is 0 Å². The summed E-state index contributed by atoms with van der Waals surface area (Å²) in [6, 6.07) is 16.9. The Bertz CT molecular complexity index is 1400. The van der Waals surface area contributed by atoms with Crippen LogP contribution in [0, 0.1) is 0 Å². The third kappa shape index (κ3) is 3.48. The van der Waals surface area contributed by atoms with E-state index in [4.69, 9.17) is 0 Å². The Balaban J connectivity index is 1.54. The number of nitrogens with zero attached hydrogens (tertiary/aromatic N) is 2. The lowest BCUT2D eigenvalue weighted by Crippen LogP contribution is -2.47. The van der Waals surface area contributed by atoms with Crippen LogP contribution in [0.15, 0.2) is 65.6 Å². The molecule has 1 amide bonds. The zero-order chi connectivity index (χ0) is 22.2. The summed E-state index contributed by atoms with van der Waals surface area (Å²) in [5, 5.41) is 2.78. The molecule has 0 saturated carbocycles. The van der Waals surface area contributed by atoms with Crippen molar-refractivity contribution < 1.29 is 9.59 Å². The first kappa shape index (κ1) is 20.2. The topological polar surface area (TPSA) is 73.5 Å². The second-order valence-electron chi connectivity index (χ2n) is 8.29. The van der Waals surface area contributed by atoms with Crippen LogP contribution >= 0.6 is 0 Å². The van der Waals surface area contributed by atoms with E-state index in [2.05, 4.69) is 16.9 Å². The number of benzene rings is 3. The van der Waals surface area contributed by atoms with E-state index in [0.29, 0.717) is 16.5 Å². The lowest BCUT2D eigenvalue weighted by Gasteiger charge is -2.32. The Kier molecular flexibility index (Phi) is 5.07. The Hall–Kier alpha value is -3.77. The van der Waals surface area contributed by atoms with Gasteiger partial charge in [-0.3, -0.25) is 14.4 Å². The highest BCUT2D eigenvalue weighted by Crippen LogP contribution is 2.30. The molecule has 0 unspecified atom stereocenters. The molecule has 5 rings (SSSR count). The zero-order valence-corrected chi connectivity index (χ0v) is 17.8. The van der Waals surface area contributed by atoms with Crippen LogP contribution in [0.2, 0.25) is 0 Å². The number of rotatable bonds is 3. The van der Waals surface area contributed by atoms with E-state index in [1.807, 2.05) is 47.4 Å². The van der Waals surface area contributed by atoms with Crippen LogP contribution in [-0.2, 0) is 0 Å². The molecule has 0 radical (unpaired) electrons. The smallest absolute Gasteiger partial charge is 0.256 e. The average molecular weight is 425 g/mol. The number of carbonyl (C=O) groups is 2. The molecule has 0 spiro atoms. The Morgan fingerprint density at radius 2 is 1.62 bits per heavy atom. The number of piperazine rings is 1. The molecule has 1 aromatic heterocycles. The van der Waals surface area contributed by atoms with Gasteiger partial charge in [-0.15, -0.1) is 0 Å². The van der Waals surface area contributed by atoms with Crippen molar-refractivity contribution in [3.63, 3.8) is 0 Å². The van der Waals surface area contributed by atoms with Crippen molar-refractivity contribution in [1.82, 2.24) is 14.8 Å². The number of carbonyl (C=O) groups excluding carboxylic acids is 2. The predicted molar refractivity (Wildman–Crippen MR) is 126 cm³/mol. The molecule has 160 valence electrons. The zero-order valence-electron chi connectivity index (χ0n) is 17.8. The van der Waals surface area contributed by atoms with E-state index in [9.17, 15) is 14.4 Å². The van der Waals surface area contributed by atoms with Crippen LogP contribution in [0.4, 0.5) is 0 Å². The minimum Gasteiger partial charge on any atom is -0.336 e. The second kappa shape index (κ2) is 8.05. The van der Waals surface area contributed by atoms with Gasteiger partial charge in [0, 0.05) is 43.5 Å². The highest BCUT2D eigenvalue weighted by atomic mass is 16.2. The molecule has 6 heteroatoms. The summed E-state index contributed by atoms with van der Waals surface area (Å²) < 4.78 is 0. The van der Waals surface area contributed by atoms with Crippen LogP contribution < -0.4 is 5.56 Å². The van der Waals surface area contributed by atoms with E-state index in [-0.39, 0.29) is 11.5 Å². The summed E-state index contributed by atoms with van der Waals surface area (Å²) >= 11 is 0. The van der Waals surface area contributed by atoms with Crippen LogP contribution in [-0.4, -0.2) is 60.2 Å². The number of aromatic amines is 1. The number of hydrogen-bond donors (Lipinski definition) is 1. The normalized spacial score (nSPS) is 14.7. The minimum absolute atomic E-state index is 0.0521. The second-order valence-corrected chi connectivity index (χ2v) is 8.29. The molecule has 6 nitrogen and oxygen atoms in total. The number of aromatic nitrogens is 1. The van der Waals surface area contributed by atoms with Crippen molar-refractivity contribution >= 4 is 33.7 Å². The van der Waals surface area contributed by atoms with Gasteiger partial charge in [0.05, 0.1) is 5.39 Å². The average Bonchev–Trinajstić information content (AvgIpc) is 2.83. The van der Waals surface area contributed by atoms with Crippen LogP contribution in [0.25, 0.3) is 32.7 Å². The van der Waals surface area contributed by atoms with Crippen LogP contribution in [0.5, 0.6) is 0 Å². The van der Waals surface area contributed by atoms with Crippen LogP contribution in [0.1, 0.15) is 20.7 Å². The molecule has 0 aliphatic carbocycles. The Labute approximate surface area is 185 Å². The standard InChI is InChI=1S/C26H23N3O3/c1-28-10-12-29(13-11-28)26(32)18-4-2-17(3-5-18)19-6-7-22-21(16-30)14-20-8-9-27-25(31)24(20)23(22)15-19/h2-9,14-16H,10-13H2,1H3,(H,27,31). The first-order valence-corrected chi connectivity index (χ1v) is 10.7. The SMILES string of the molecule is CN1CCN(C(=O)c2ccc(-c3ccc4c(C=O)cc5cc[nH]c(=O)c5c4c3)cc2)CC1. The molecule has 1 aliphatic rings. The summed E-state index contributed by atoms with van der Waals surface area (Å²) in [5.74, 6) is 0.0521. The molecule has 3 aromatic carbocycles. The summed E-state index contributed by atoms with van der Waals surface area (Å²) in [5.41, 5.74) is 2.90. The number of hydrogen-bond acceptors (Lipinski definition) is 4. The molecular weight excluding hydrogens is 402 g/mol. The number of H-pyrrole nitrogens is 1. The molecule has 2 heterocycles. The van der Waals surface area contributed by atoms with Gasteiger partial charge >= 0.3 is 0 Å². The van der Waals surface area contributed by atoms with Gasteiger partial charge in [0.25, 0.3) is 11.5 Å². The minimum atomic E-state index is -0.185. The molecular formula is C26H23N3O3. The molecule has 1 saturated heterocycles. The number of aldehydes is 1. The fourth-order valence-corrected chi connectivity index (χ4v) is 4.41. The Morgan fingerprint density at radius 3 is 2.34 bits per heavy atom. The van der Waals surface area contributed by atoms with Gasteiger partial charge in [0.1, 0.15) is 0 Å². The summed E-state index contributed by atoms with van der Waals surface area (Å²) in [6.45, 7) is 3.25. The number of nitrogens with one attached hydrogen (secondary N) is 1. The van der Waals surface area contributed by atoms with Gasteiger partial charge in [-0.2, -0.15) is 0 Å². The van der Waals surface area contributed by atoms with Crippen molar-refractivity contribution in [3.8, 4) is 11.1 Å². The van der Waals surface area contributed by atoms with E-state index in [1.54, 1.807) is 18.3 Å². The summed E-state index contributed by atoms with van der Waals surface area (Å²) in [6.07, 6.45) is 2.41. The maximum Gasteiger partial charge on any atom is 0.256 e. The van der Waals surface area contributed by atoms with Gasteiger partial charge in [-0.25, -0.2) is 0 Å². The number of amides is 1. The van der Waals surface area contributed by atoms with Gasteiger partial charge in [0.2, 0.25) is 0 Å². The van der Waals surface area contributed by atoms with Crippen molar-refractivity contribution in [1.29, 1.82) is 0 Å². The van der Waals surface area contributed by atoms with Gasteiger partial charge in [-0.05, 0) is 64.7 Å². The predicted octanol–water partition coefficient (Wildman–Crippen LogP) is 3.55. The van der Waals surface area contributed by atoms with Crippen molar-refractivity contribution in [3.05, 3.63) is 82.3 Å². The fourth-order valence-electron chi connectivity index (χ4n) is 4.41. The molecule has 1 N–H and O–H groups in total. The lowest BCUT2D eigenvalue weighted by molar-refractivity contribution is 0.0664.